The monoisotopic (exact) mass is 344 g/mol. The molecule has 0 fully saturated rings. The molecular weight excluding hydrogens is 322 g/mol. The third-order valence-corrected chi connectivity index (χ3v) is 3.74. The molecule has 24 heavy (non-hydrogen) atoms. The minimum atomic E-state index is -1.45. The van der Waals surface area contributed by atoms with Gasteiger partial charge in [0.15, 0.2) is 0 Å². The van der Waals surface area contributed by atoms with Gasteiger partial charge in [-0.05, 0) is 19.1 Å². The fourth-order valence-corrected chi connectivity index (χ4v) is 1.97. The van der Waals surface area contributed by atoms with E-state index in [-0.39, 0.29) is 12.2 Å². The third-order valence-electron chi connectivity index (χ3n) is 3.74. The molecule has 0 bridgehead atoms. The number of hydrogen-bond donors (Lipinski definition) is 3. The Bertz CT molecular complexity index is 595. The standard InChI is InChI=1S/C16H22F2N2O4/c1-10(7-19-15(24)14(23)16(2,3)8-21)20(9-22)13-6-11(17)4-5-12(13)18/h4-6,9-10,14,21,23H,7-8H2,1-3H3,(H,19,24)/t10-,14-/m0/s1. The van der Waals surface area contributed by atoms with Crippen molar-refractivity contribution in [3.63, 3.8) is 0 Å². The zero-order valence-corrected chi connectivity index (χ0v) is 13.8. The summed E-state index contributed by atoms with van der Waals surface area (Å²) >= 11 is 0. The van der Waals surface area contributed by atoms with E-state index >= 15 is 0 Å². The first kappa shape index (κ1) is 20.0. The minimum Gasteiger partial charge on any atom is -0.396 e. The summed E-state index contributed by atoms with van der Waals surface area (Å²) in [6.45, 7) is 4.07. The Balaban J connectivity index is 2.78. The molecule has 1 rings (SSSR count). The fourth-order valence-electron chi connectivity index (χ4n) is 1.97. The van der Waals surface area contributed by atoms with Crippen molar-refractivity contribution in [3.05, 3.63) is 29.8 Å². The van der Waals surface area contributed by atoms with Crippen LogP contribution in [0, 0.1) is 17.0 Å². The van der Waals surface area contributed by atoms with E-state index in [0.29, 0.717) is 6.41 Å². The SMILES string of the molecule is C[C@@H](CNC(=O)[C@H](O)C(C)(C)CO)N(C=O)c1cc(F)ccc1F. The Morgan fingerprint density at radius 2 is 2.04 bits per heavy atom. The van der Waals surface area contributed by atoms with Crippen LogP contribution in [0.1, 0.15) is 20.8 Å². The number of rotatable bonds is 8. The third kappa shape index (κ3) is 4.72. The molecule has 2 amide bonds. The number of nitrogens with zero attached hydrogens (tertiary/aromatic N) is 1. The molecule has 1 aromatic carbocycles. The Hall–Kier alpha value is -2.06. The van der Waals surface area contributed by atoms with Crippen molar-refractivity contribution >= 4 is 18.0 Å². The largest absolute Gasteiger partial charge is 0.396 e. The van der Waals surface area contributed by atoms with Gasteiger partial charge in [0.05, 0.1) is 18.3 Å². The number of carbonyl (C=O) groups is 2. The number of benzene rings is 1. The van der Waals surface area contributed by atoms with Crippen LogP contribution in [0.15, 0.2) is 18.2 Å². The molecule has 2 atom stereocenters. The van der Waals surface area contributed by atoms with Crippen LogP contribution in [0.2, 0.25) is 0 Å². The molecule has 0 spiro atoms. The van der Waals surface area contributed by atoms with Gasteiger partial charge in [-0.1, -0.05) is 13.8 Å². The van der Waals surface area contributed by atoms with Crippen LogP contribution in [0.4, 0.5) is 14.5 Å². The zero-order chi connectivity index (χ0) is 18.5. The summed E-state index contributed by atoms with van der Waals surface area (Å²) in [6, 6.07) is 2.03. The number of nitrogens with one attached hydrogen (secondary N) is 1. The lowest BCUT2D eigenvalue weighted by atomic mass is 9.87. The Morgan fingerprint density at radius 1 is 1.42 bits per heavy atom. The highest BCUT2D eigenvalue weighted by Gasteiger charge is 2.33. The smallest absolute Gasteiger partial charge is 0.249 e. The predicted molar refractivity (Wildman–Crippen MR) is 84.2 cm³/mol. The molecule has 134 valence electrons. The number of carbonyl (C=O) groups excluding carboxylic acids is 2. The lowest BCUT2D eigenvalue weighted by Gasteiger charge is -2.29. The van der Waals surface area contributed by atoms with Crippen molar-refractivity contribution in [2.24, 2.45) is 5.41 Å². The summed E-state index contributed by atoms with van der Waals surface area (Å²) in [4.78, 5) is 24.1. The normalized spacial score (nSPS) is 14.0. The summed E-state index contributed by atoms with van der Waals surface area (Å²) in [5, 5.41) is 21.5. The molecule has 0 aliphatic carbocycles. The number of halogens is 2. The second kappa shape index (κ2) is 8.16. The Labute approximate surface area is 139 Å². The molecule has 0 unspecified atom stereocenters. The van der Waals surface area contributed by atoms with Gasteiger partial charge in [0, 0.05) is 18.0 Å². The van der Waals surface area contributed by atoms with E-state index in [9.17, 15) is 23.5 Å². The summed E-state index contributed by atoms with van der Waals surface area (Å²) in [5.41, 5.74) is -1.28. The number of hydrogen-bond acceptors (Lipinski definition) is 4. The quantitative estimate of drug-likeness (QED) is 0.609. The number of aliphatic hydroxyl groups is 2. The fraction of sp³-hybridized carbons (Fsp3) is 0.500. The first-order chi connectivity index (χ1) is 11.1. The van der Waals surface area contributed by atoms with E-state index in [4.69, 9.17) is 5.11 Å². The maximum atomic E-state index is 13.8. The summed E-state index contributed by atoms with van der Waals surface area (Å²) in [7, 11) is 0. The highest BCUT2D eigenvalue weighted by atomic mass is 19.1. The van der Waals surface area contributed by atoms with Crippen LogP contribution in [-0.4, -0.2) is 47.8 Å². The van der Waals surface area contributed by atoms with Gasteiger partial charge in [-0.25, -0.2) is 8.78 Å². The molecule has 0 aliphatic rings. The van der Waals surface area contributed by atoms with E-state index in [1.54, 1.807) is 0 Å². The van der Waals surface area contributed by atoms with Crippen LogP contribution < -0.4 is 10.2 Å². The average Bonchev–Trinajstić information content (AvgIpc) is 2.55. The van der Waals surface area contributed by atoms with E-state index < -0.39 is 41.7 Å². The maximum absolute atomic E-state index is 13.8. The average molecular weight is 344 g/mol. The van der Waals surface area contributed by atoms with Gasteiger partial charge in [-0.15, -0.1) is 0 Å². The van der Waals surface area contributed by atoms with Crippen LogP contribution in [0.25, 0.3) is 0 Å². The van der Waals surface area contributed by atoms with E-state index in [1.807, 2.05) is 0 Å². The van der Waals surface area contributed by atoms with Crippen molar-refractivity contribution in [3.8, 4) is 0 Å². The molecule has 0 saturated heterocycles. The highest BCUT2D eigenvalue weighted by molar-refractivity contribution is 5.82. The molecule has 0 aliphatic heterocycles. The van der Waals surface area contributed by atoms with Crippen molar-refractivity contribution < 1.29 is 28.6 Å². The molecule has 0 aromatic heterocycles. The molecule has 6 nitrogen and oxygen atoms in total. The van der Waals surface area contributed by atoms with E-state index in [1.165, 1.54) is 20.8 Å². The summed E-state index contributed by atoms with van der Waals surface area (Å²) in [6.07, 6.45) is -1.12. The maximum Gasteiger partial charge on any atom is 0.249 e. The van der Waals surface area contributed by atoms with Crippen LogP contribution in [-0.2, 0) is 9.59 Å². The molecular formula is C16H22F2N2O4. The van der Waals surface area contributed by atoms with Crippen molar-refractivity contribution in [1.82, 2.24) is 5.32 Å². The highest BCUT2D eigenvalue weighted by Crippen LogP contribution is 2.22. The molecule has 3 N–H and O–H groups in total. The van der Waals surface area contributed by atoms with Gasteiger partial charge in [-0.2, -0.15) is 0 Å². The molecule has 0 saturated carbocycles. The van der Waals surface area contributed by atoms with Gasteiger partial charge in [0.25, 0.3) is 0 Å². The lowest BCUT2D eigenvalue weighted by Crippen LogP contribution is -2.49. The van der Waals surface area contributed by atoms with Crippen molar-refractivity contribution in [2.75, 3.05) is 18.1 Å². The molecule has 0 radical (unpaired) electrons. The van der Waals surface area contributed by atoms with Crippen molar-refractivity contribution in [2.45, 2.75) is 32.9 Å². The number of amides is 2. The summed E-state index contributed by atoms with van der Waals surface area (Å²) < 4.78 is 27.0. The first-order valence-corrected chi connectivity index (χ1v) is 7.39. The minimum absolute atomic E-state index is 0.0912. The van der Waals surface area contributed by atoms with Gasteiger partial charge < -0.3 is 20.4 Å². The second-order valence-electron chi connectivity index (χ2n) is 6.25. The van der Waals surface area contributed by atoms with Gasteiger partial charge >= 0.3 is 0 Å². The van der Waals surface area contributed by atoms with Gasteiger partial charge in [-0.3, -0.25) is 9.59 Å². The lowest BCUT2D eigenvalue weighted by molar-refractivity contribution is -0.137. The van der Waals surface area contributed by atoms with Crippen LogP contribution in [0.3, 0.4) is 0 Å². The summed E-state index contributed by atoms with van der Waals surface area (Å²) in [5.74, 6) is -2.20. The zero-order valence-electron chi connectivity index (χ0n) is 13.8. The first-order valence-electron chi connectivity index (χ1n) is 7.39. The molecule has 1 aromatic rings. The second-order valence-corrected chi connectivity index (χ2v) is 6.25. The Morgan fingerprint density at radius 3 is 2.58 bits per heavy atom. The molecule has 0 heterocycles. The van der Waals surface area contributed by atoms with Crippen LogP contribution in [0.5, 0.6) is 0 Å². The van der Waals surface area contributed by atoms with E-state index in [2.05, 4.69) is 5.32 Å². The van der Waals surface area contributed by atoms with E-state index in [0.717, 1.165) is 23.1 Å². The topological polar surface area (TPSA) is 89.9 Å². The van der Waals surface area contributed by atoms with Crippen molar-refractivity contribution in [1.29, 1.82) is 0 Å². The number of anilines is 1. The van der Waals surface area contributed by atoms with Gasteiger partial charge in [0.2, 0.25) is 12.3 Å². The predicted octanol–water partition coefficient (Wildman–Crippen LogP) is 0.812. The molecule has 8 heteroatoms. The Kier molecular flexibility index (Phi) is 6.80. The van der Waals surface area contributed by atoms with Gasteiger partial charge in [0.1, 0.15) is 17.7 Å². The number of aliphatic hydroxyl groups excluding tert-OH is 2. The van der Waals surface area contributed by atoms with Crippen LogP contribution >= 0.6 is 0 Å².